The summed E-state index contributed by atoms with van der Waals surface area (Å²) in [6.45, 7) is 0. The van der Waals surface area contributed by atoms with E-state index >= 15 is 0 Å². The van der Waals surface area contributed by atoms with Crippen molar-refractivity contribution in [1.29, 1.82) is 0 Å². The number of fused-ring (bicyclic) bond motifs is 3. The van der Waals surface area contributed by atoms with Gasteiger partial charge in [-0.3, -0.25) is 0 Å². The number of hydrogen-bond donors (Lipinski definition) is 0. The highest BCUT2D eigenvalue weighted by atomic mass is 15.0. The first-order valence-corrected chi connectivity index (χ1v) is 11.4. The minimum atomic E-state index is 0.677. The molecule has 0 unspecified atom stereocenters. The van der Waals surface area contributed by atoms with Crippen molar-refractivity contribution < 1.29 is 0 Å². The van der Waals surface area contributed by atoms with Gasteiger partial charge in [-0.25, -0.2) is 15.0 Å². The van der Waals surface area contributed by atoms with Crippen molar-refractivity contribution >= 4 is 10.8 Å². The summed E-state index contributed by atoms with van der Waals surface area (Å²) >= 11 is 0. The molecule has 0 saturated heterocycles. The predicted molar refractivity (Wildman–Crippen MR) is 138 cm³/mol. The molecule has 7 rings (SSSR count). The van der Waals surface area contributed by atoms with E-state index in [1.54, 1.807) is 0 Å². The molecule has 34 heavy (non-hydrogen) atoms. The Hall–Kier alpha value is -4.63. The van der Waals surface area contributed by atoms with Crippen LogP contribution in [0.5, 0.6) is 0 Å². The van der Waals surface area contributed by atoms with Gasteiger partial charge in [0.15, 0.2) is 17.5 Å². The van der Waals surface area contributed by atoms with Crippen molar-refractivity contribution in [3.63, 3.8) is 0 Å². The third kappa shape index (κ3) is 2.87. The molecular formula is C31H19N3. The summed E-state index contributed by atoms with van der Waals surface area (Å²) in [5, 5.41) is 2.43. The highest BCUT2D eigenvalue weighted by Gasteiger charge is 2.23. The van der Waals surface area contributed by atoms with E-state index < -0.39 is 0 Å². The van der Waals surface area contributed by atoms with Gasteiger partial charge in [0.25, 0.3) is 0 Å². The van der Waals surface area contributed by atoms with Crippen LogP contribution in [-0.2, 0) is 0 Å². The Balaban J connectivity index is 1.50. The summed E-state index contributed by atoms with van der Waals surface area (Å²) in [7, 11) is 0. The van der Waals surface area contributed by atoms with E-state index in [2.05, 4.69) is 54.6 Å². The fourth-order valence-electron chi connectivity index (χ4n) is 4.93. The van der Waals surface area contributed by atoms with Gasteiger partial charge in [0.05, 0.1) is 0 Å². The monoisotopic (exact) mass is 433 g/mol. The van der Waals surface area contributed by atoms with E-state index in [0.717, 1.165) is 22.1 Å². The molecule has 0 atom stereocenters. The van der Waals surface area contributed by atoms with Gasteiger partial charge in [0.1, 0.15) is 0 Å². The van der Waals surface area contributed by atoms with Gasteiger partial charge >= 0.3 is 0 Å². The Labute approximate surface area is 197 Å². The Bertz CT molecular complexity index is 1600. The fourth-order valence-corrected chi connectivity index (χ4v) is 4.93. The lowest BCUT2D eigenvalue weighted by Gasteiger charge is -2.11. The van der Waals surface area contributed by atoms with Crippen LogP contribution in [0.2, 0.25) is 0 Å². The molecule has 1 aliphatic carbocycles. The third-order valence-corrected chi connectivity index (χ3v) is 6.49. The number of benzene rings is 5. The summed E-state index contributed by atoms with van der Waals surface area (Å²) in [6.07, 6.45) is 0. The van der Waals surface area contributed by atoms with Crippen LogP contribution in [0.15, 0.2) is 115 Å². The molecule has 1 heterocycles. The van der Waals surface area contributed by atoms with Crippen molar-refractivity contribution in [2.24, 2.45) is 0 Å². The molecule has 0 fully saturated rings. The summed E-state index contributed by atoms with van der Waals surface area (Å²) in [5.41, 5.74) is 8.07. The van der Waals surface area contributed by atoms with Gasteiger partial charge in [-0.05, 0) is 39.1 Å². The topological polar surface area (TPSA) is 38.7 Å². The van der Waals surface area contributed by atoms with Gasteiger partial charge in [-0.15, -0.1) is 0 Å². The van der Waals surface area contributed by atoms with Gasteiger partial charge in [-0.1, -0.05) is 109 Å². The average Bonchev–Trinajstić information content (AvgIpc) is 3.25. The summed E-state index contributed by atoms with van der Waals surface area (Å²) in [6, 6.07) is 39.7. The Morgan fingerprint density at radius 1 is 0.324 bits per heavy atom. The second-order valence-electron chi connectivity index (χ2n) is 8.47. The Morgan fingerprint density at radius 2 is 0.794 bits per heavy atom. The molecule has 1 aliphatic rings. The van der Waals surface area contributed by atoms with E-state index in [9.17, 15) is 0 Å². The van der Waals surface area contributed by atoms with Crippen LogP contribution in [0.3, 0.4) is 0 Å². The normalized spacial score (nSPS) is 11.5. The van der Waals surface area contributed by atoms with Crippen molar-refractivity contribution in [1.82, 2.24) is 15.0 Å². The molecule has 0 radical (unpaired) electrons. The van der Waals surface area contributed by atoms with Crippen LogP contribution in [0, 0.1) is 0 Å². The van der Waals surface area contributed by atoms with E-state index in [4.69, 9.17) is 15.0 Å². The lowest BCUT2D eigenvalue weighted by Crippen LogP contribution is -2.00. The molecule has 0 amide bonds. The van der Waals surface area contributed by atoms with Gasteiger partial charge in [0, 0.05) is 16.7 Å². The van der Waals surface area contributed by atoms with E-state index in [1.165, 1.54) is 27.6 Å². The third-order valence-electron chi connectivity index (χ3n) is 6.49. The SMILES string of the molecule is c1ccc(-c2nc(-c3ccccc3)nc(-c3ccc4c5c(cccc35)-c3ccccc3-4)n2)cc1. The Kier molecular flexibility index (Phi) is 4.15. The van der Waals surface area contributed by atoms with Crippen LogP contribution in [0.1, 0.15) is 0 Å². The Morgan fingerprint density at radius 3 is 1.41 bits per heavy atom. The van der Waals surface area contributed by atoms with Crippen LogP contribution in [-0.4, -0.2) is 15.0 Å². The maximum Gasteiger partial charge on any atom is 0.164 e. The molecule has 0 saturated carbocycles. The van der Waals surface area contributed by atoms with Gasteiger partial charge in [-0.2, -0.15) is 0 Å². The highest BCUT2D eigenvalue weighted by molar-refractivity contribution is 6.18. The summed E-state index contributed by atoms with van der Waals surface area (Å²) < 4.78 is 0. The number of hydrogen-bond acceptors (Lipinski definition) is 3. The molecule has 0 aliphatic heterocycles. The zero-order chi connectivity index (χ0) is 22.5. The highest BCUT2D eigenvalue weighted by Crippen LogP contribution is 2.48. The first kappa shape index (κ1) is 18.9. The molecule has 0 N–H and O–H groups in total. The van der Waals surface area contributed by atoms with Crippen LogP contribution in [0.25, 0.3) is 67.2 Å². The molecule has 0 bridgehead atoms. The minimum absolute atomic E-state index is 0.677. The summed E-state index contributed by atoms with van der Waals surface area (Å²) in [4.78, 5) is 14.7. The van der Waals surface area contributed by atoms with Crippen LogP contribution < -0.4 is 0 Å². The molecule has 0 spiro atoms. The first-order chi connectivity index (χ1) is 16.9. The molecule has 158 valence electrons. The average molecular weight is 434 g/mol. The molecule has 6 aromatic rings. The second-order valence-corrected chi connectivity index (χ2v) is 8.47. The van der Waals surface area contributed by atoms with Crippen molar-refractivity contribution in [3.8, 4) is 56.4 Å². The lowest BCUT2D eigenvalue weighted by molar-refractivity contribution is 1.08. The van der Waals surface area contributed by atoms with E-state index in [0.29, 0.717) is 17.5 Å². The molecule has 5 aromatic carbocycles. The van der Waals surface area contributed by atoms with Crippen molar-refractivity contribution in [3.05, 3.63) is 115 Å². The number of rotatable bonds is 3. The van der Waals surface area contributed by atoms with Gasteiger partial charge in [0.2, 0.25) is 0 Å². The smallest absolute Gasteiger partial charge is 0.164 e. The lowest BCUT2D eigenvalue weighted by atomic mass is 9.98. The summed E-state index contributed by atoms with van der Waals surface area (Å²) in [5.74, 6) is 2.04. The standard InChI is InChI=1S/C31H19N3/c1-3-10-20(11-4-1)29-32-30(21-12-5-2-6-13-21)34-31(33-29)27-19-18-26-23-15-8-7-14-22(23)24-16-9-17-25(27)28(24)26/h1-19H. The molecule has 3 heteroatoms. The maximum absolute atomic E-state index is 4.96. The first-order valence-electron chi connectivity index (χ1n) is 11.4. The number of nitrogens with zero attached hydrogens (tertiary/aromatic N) is 3. The number of aromatic nitrogens is 3. The maximum atomic E-state index is 4.96. The zero-order valence-electron chi connectivity index (χ0n) is 18.3. The van der Waals surface area contributed by atoms with Crippen molar-refractivity contribution in [2.75, 3.05) is 0 Å². The minimum Gasteiger partial charge on any atom is -0.208 e. The zero-order valence-corrected chi connectivity index (χ0v) is 18.3. The van der Waals surface area contributed by atoms with E-state index in [-0.39, 0.29) is 0 Å². The second kappa shape index (κ2) is 7.46. The van der Waals surface area contributed by atoms with Gasteiger partial charge < -0.3 is 0 Å². The fraction of sp³-hybridized carbons (Fsp3) is 0. The largest absolute Gasteiger partial charge is 0.208 e. The van der Waals surface area contributed by atoms with E-state index in [1.807, 2.05) is 60.7 Å². The van der Waals surface area contributed by atoms with Crippen molar-refractivity contribution in [2.45, 2.75) is 0 Å². The molecular weight excluding hydrogens is 414 g/mol. The quantitative estimate of drug-likeness (QED) is 0.287. The van der Waals surface area contributed by atoms with Crippen LogP contribution >= 0.6 is 0 Å². The molecule has 3 nitrogen and oxygen atoms in total. The van der Waals surface area contributed by atoms with Crippen LogP contribution in [0.4, 0.5) is 0 Å². The molecule has 1 aromatic heterocycles. The predicted octanol–water partition coefficient (Wildman–Crippen LogP) is 7.67.